The smallest absolute Gasteiger partial charge is 0.317 e. The zero-order valence-corrected chi connectivity index (χ0v) is 12.6. The quantitative estimate of drug-likeness (QED) is 0.712. The zero-order chi connectivity index (χ0) is 13.1. The van der Waals surface area contributed by atoms with Crippen LogP contribution in [0.4, 0.5) is 0 Å². The minimum atomic E-state index is -0.972. The van der Waals surface area contributed by atoms with E-state index in [1.807, 2.05) is 0 Å². The molecule has 0 bridgehead atoms. The van der Waals surface area contributed by atoms with Gasteiger partial charge in [0, 0.05) is 0 Å². The molecule has 96 valence electrons. The molecule has 0 aliphatic rings. The standard InChI is InChI=1S/C6H8Br2O4.C4H10/c7-3(5(9)10)1-2-4(8)6(11)12;1-3-4-2/h3-4H,1-2H2,(H,9,10)(H,11,12);3-4H2,1-2H3. The van der Waals surface area contributed by atoms with Gasteiger partial charge < -0.3 is 10.2 Å². The molecule has 0 amide bonds. The third-order valence-electron chi connectivity index (χ3n) is 1.71. The van der Waals surface area contributed by atoms with Crippen molar-refractivity contribution in [1.82, 2.24) is 0 Å². The second-order valence-electron chi connectivity index (χ2n) is 3.19. The third-order valence-corrected chi connectivity index (χ3v) is 3.41. The highest BCUT2D eigenvalue weighted by molar-refractivity contribution is 9.10. The first-order valence-corrected chi connectivity index (χ1v) is 6.93. The number of carbonyl (C=O) groups is 2. The Balaban J connectivity index is 0. The normalized spacial score (nSPS) is 13.2. The Hall–Kier alpha value is -0.100. The van der Waals surface area contributed by atoms with E-state index >= 15 is 0 Å². The molecule has 0 rings (SSSR count). The molecule has 0 saturated carbocycles. The van der Waals surface area contributed by atoms with Crippen molar-refractivity contribution in [3.8, 4) is 0 Å². The predicted molar refractivity (Wildman–Crippen MR) is 70.5 cm³/mol. The van der Waals surface area contributed by atoms with Gasteiger partial charge in [0.15, 0.2) is 0 Å². The van der Waals surface area contributed by atoms with Crippen LogP contribution in [-0.2, 0) is 9.59 Å². The maximum atomic E-state index is 10.3. The van der Waals surface area contributed by atoms with E-state index in [4.69, 9.17) is 10.2 Å². The van der Waals surface area contributed by atoms with E-state index in [1.54, 1.807) is 0 Å². The summed E-state index contributed by atoms with van der Waals surface area (Å²) >= 11 is 5.81. The van der Waals surface area contributed by atoms with Crippen molar-refractivity contribution in [2.75, 3.05) is 0 Å². The first-order chi connectivity index (χ1) is 7.36. The van der Waals surface area contributed by atoms with Crippen molar-refractivity contribution in [3.63, 3.8) is 0 Å². The van der Waals surface area contributed by atoms with Crippen LogP contribution in [0.1, 0.15) is 39.5 Å². The van der Waals surface area contributed by atoms with Crippen molar-refractivity contribution in [3.05, 3.63) is 0 Å². The van der Waals surface area contributed by atoms with Crippen molar-refractivity contribution < 1.29 is 19.8 Å². The summed E-state index contributed by atoms with van der Waals surface area (Å²) in [7, 11) is 0. The minimum absolute atomic E-state index is 0.289. The fourth-order valence-corrected chi connectivity index (χ4v) is 1.07. The van der Waals surface area contributed by atoms with Crippen molar-refractivity contribution in [2.45, 2.75) is 49.2 Å². The van der Waals surface area contributed by atoms with E-state index in [9.17, 15) is 9.59 Å². The van der Waals surface area contributed by atoms with E-state index < -0.39 is 21.6 Å². The van der Waals surface area contributed by atoms with E-state index in [0.29, 0.717) is 0 Å². The summed E-state index contributed by atoms with van der Waals surface area (Å²) in [4.78, 5) is 19.2. The van der Waals surface area contributed by atoms with Gasteiger partial charge >= 0.3 is 11.9 Å². The Morgan fingerprint density at radius 1 is 0.938 bits per heavy atom. The molecular formula is C10H18Br2O4. The molecule has 0 aliphatic carbocycles. The summed E-state index contributed by atoms with van der Waals surface area (Å²) < 4.78 is 0. The lowest BCUT2D eigenvalue weighted by Crippen LogP contribution is -2.18. The molecule has 0 saturated heterocycles. The summed E-state index contributed by atoms with van der Waals surface area (Å²) in [5, 5.41) is 16.8. The molecule has 0 aromatic carbocycles. The molecule has 0 aromatic heterocycles. The summed E-state index contributed by atoms with van der Waals surface area (Å²) in [6.45, 7) is 4.36. The van der Waals surface area contributed by atoms with E-state index in [-0.39, 0.29) is 12.8 Å². The van der Waals surface area contributed by atoms with Crippen LogP contribution in [0.3, 0.4) is 0 Å². The van der Waals surface area contributed by atoms with Gasteiger partial charge in [-0.2, -0.15) is 0 Å². The molecule has 6 heteroatoms. The van der Waals surface area contributed by atoms with Gasteiger partial charge in [0.05, 0.1) is 0 Å². The van der Waals surface area contributed by atoms with Crippen molar-refractivity contribution in [2.24, 2.45) is 0 Å². The number of halogens is 2. The van der Waals surface area contributed by atoms with E-state index in [1.165, 1.54) is 12.8 Å². The van der Waals surface area contributed by atoms with Gasteiger partial charge in [-0.25, -0.2) is 0 Å². The van der Waals surface area contributed by atoms with Crippen molar-refractivity contribution in [1.29, 1.82) is 0 Å². The molecule has 0 spiro atoms. The summed E-state index contributed by atoms with van der Waals surface area (Å²) in [5.74, 6) is -1.94. The lowest BCUT2D eigenvalue weighted by atomic mass is 10.2. The van der Waals surface area contributed by atoms with Gasteiger partial charge in [-0.1, -0.05) is 58.5 Å². The maximum absolute atomic E-state index is 10.3. The number of unbranched alkanes of at least 4 members (excludes halogenated alkanes) is 1. The molecule has 2 atom stereocenters. The number of hydrogen-bond donors (Lipinski definition) is 2. The Labute approximate surface area is 113 Å². The Kier molecular flexibility index (Phi) is 13.0. The molecule has 0 fully saturated rings. The van der Waals surface area contributed by atoms with Crippen LogP contribution in [-0.4, -0.2) is 31.8 Å². The van der Waals surface area contributed by atoms with Crippen molar-refractivity contribution >= 4 is 43.8 Å². The fraction of sp³-hybridized carbons (Fsp3) is 0.800. The largest absolute Gasteiger partial charge is 0.480 e. The second kappa shape index (κ2) is 11.4. The highest BCUT2D eigenvalue weighted by Gasteiger charge is 2.18. The van der Waals surface area contributed by atoms with Crippen LogP contribution in [0.5, 0.6) is 0 Å². The topological polar surface area (TPSA) is 74.6 Å². The second-order valence-corrected chi connectivity index (χ2v) is 5.40. The number of rotatable bonds is 6. The molecule has 0 aromatic rings. The number of hydrogen-bond acceptors (Lipinski definition) is 2. The lowest BCUT2D eigenvalue weighted by molar-refractivity contribution is -0.138. The predicted octanol–water partition coefficient (Wildman–Crippen LogP) is 3.27. The number of carboxylic acid groups (broad SMARTS) is 2. The highest BCUT2D eigenvalue weighted by atomic mass is 79.9. The summed E-state index contributed by atoms with van der Waals surface area (Å²) in [6, 6.07) is 0. The first-order valence-electron chi connectivity index (χ1n) is 5.10. The van der Waals surface area contributed by atoms with Crippen LogP contribution in [0, 0.1) is 0 Å². The van der Waals surface area contributed by atoms with Crippen LogP contribution in [0.2, 0.25) is 0 Å². The van der Waals surface area contributed by atoms with Gasteiger partial charge in [-0.3, -0.25) is 9.59 Å². The van der Waals surface area contributed by atoms with Crippen LogP contribution < -0.4 is 0 Å². The number of alkyl halides is 2. The van der Waals surface area contributed by atoms with E-state index in [0.717, 1.165) is 0 Å². The Morgan fingerprint density at radius 2 is 1.19 bits per heavy atom. The molecular weight excluding hydrogens is 344 g/mol. The average Bonchev–Trinajstić information content (AvgIpc) is 2.25. The van der Waals surface area contributed by atoms with Gasteiger partial charge in [0.1, 0.15) is 9.65 Å². The SMILES string of the molecule is CCCC.O=C(O)C(Br)CCC(Br)C(=O)O. The monoisotopic (exact) mass is 360 g/mol. The van der Waals surface area contributed by atoms with Gasteiger partial charge in [0.25, 0.3) is 0 Å². The minimum Gasteiger partial charge on any atom is -0.480 e. The molecule has 4 nitrogen and oxygen atoms in total. The average molecular weight is 362 g/mol. The Bertz CT molecular complexity index is 187. The van der Waals surface area contributed by atoms with Gasteiger partial charge in [0.2, 0.25) is 0 Å². The molecule has 2 unspecified atom stereocenters. The first kappa shape index (κ1) is 18.3. The Morgan fingerprint density at radius 3 is 1.31 bits per heavy atom. The molecule has 2 N–H and O–H groups in total. The van der Waals surface area contributed by atoms with E-state index in [2.05, 4.69) is 45.7 Å². The summed E-state index contributed by atoms with van der Waals surface area (Å²) in [5.41, 5.74) is 0. The molecule has 16 heavy (non-hydrogen) atoms. The number of carboxylic acids is 2. The molecule has 0 aliphatic heterocycles. The maximum Gasteiger partial charge on any atom is 0.317 e. The van der Waals surface area contributed by atoms with Gasteiger partial charge in [-0.05, 0) is 12.8 Å². The molecule has 0 heterocycles. The zero-order valence-electron chi connectivity index (χ0n) is 9.45. The van der Waals surface area contributed by atoms with Crippen LogP contribution in [0.25, 0.3) is 0 Å². The number of aliphatic carboxylic acids is 2. The van der Waals surface area contributed by atoms with Crippen LogP contribution >= 0.6 is 31.9 Å². The van der Waals surface area contributed by atoms with Gasteiger partial charge in [-0.15, -0.1) is 0 Å². The summed E-state index contributed by atoms with van der Waals surface area (Å²) in [6.07, 6.45) is 3.22. The highest BCUT2D eigenvalue weighted by Crippen LogP contribution is 2.14. The fourth-order valence-electron chi connectivity index (χ4n) is 0.540. The molecule has 0 radical (unpaired) electrons. The lowest BCUT2D eigenvalue weighted by Gasteiger charge is -2.05. The van der Waals surface area contributed by atoms with Crippen LogP contribution in [0.15, 0.2) is 0 Å². The third kappa shape index (κ3) is 12.0.